The molecule has 0 aliphatic carbocycles. The van der Waals surface area contributed by atoms with Crippen LogP contribution in [0.25, 0.3) is 0 Å². The maximum atomic E-state index is 9.00. The molecule has 2 saturated heterocycles. The van der Waals surface area contributed by atoms with Crippen LogP contribution in [0.2, 0.25) is 0 Å². The van der Waals surface area contributed by atoms with Crippen LogP contribution in [0.3, 0.4) is 0 Å². The number of rotatable bonds is 0. The minimum atomic E-state index is -0.833. The fourth-order valence-electron chi connectivity index (χ4n) is 1.02. The molecule has 172 valence electrons. The van der Waals surface area contributed by atoms with E-state index in [1.54, 1.807) is 0 Å². The largest absolute Gasteiger partial charge is 0.481 e. The van der Waals surface area contributed by atoms with Crippen molar-refractivity contribution < 1.29 is 88.0 Å². The first-order chi connectivity index (χ1) is 11.9. The monoisotopic (exact) mass is 588 g/mol. The molecule has 0 bridgehead atoms. The van der Waals surface area contributed by atoms with Crippen molar-refractivity contribution in [2.75, 3.05) is 26.4 Å². The molecule has 0 aromatic heterocycles. The van der Waals surface area contributed by atoms with E-state index in [-0.39, 0.29) is 39.0 Å². The summed E-state index contributed by atoms with van der Waals surface area (Å²) >= 11 is 0. The van der Waals surface area contributed by atoms with Gasteiger partial charge in [-0.25, -0.2) is 0 Å². The fraction of sp³-hybridized carbons (Fsp3) is 0.750. The van der Waals surface area contributed by atoms with Crippen LogP contribution < -0.4 is 0 Å². The SMILES string of the molecule is C1CCOC1.C1CCOC1.CC(=O)O.CC(=O)O.CC(=O)O.CC(=O)O.[Ru].[Ru]. The molecule has 0 amide bonds. The van der Waals surface area contributed by atoms with Crippen LogP contribution in [-0.2, 0) is 67.6 Å². The second-order valence-electron chi connectivity index (χ2n) is 4.72. The Morgan fingerprint density at radius 3 is 0.643 bits per heavy atom. The zero-order valence-corrected chi connectivity index (χ0v) is 20.1. The van der Waals surface area contributed by atoms with Crippen LogP contribution in [0.5, 0.6) is 0 Å². The van der Waals surface area contributed by atoms with Crippen LogP contribution in [0, 0.1) is 0 Å². The molecule has 4 N–H and O–H groups in total. The molecule has 2 heterocycles. The quantitative estimate of drug-likeness (QED) is 0.308. The summed E-state index contributed by atoms with van der Waals surface area (Å²) in [5, 5.41) is 29.7. The Balaban J connectivity index is -0.0000000514. The average molecular weight is 587 g/mol. The Kier molecular flexibility index (Phi) is 54.6. The maximum absolute atomic E-state index is 9.00. The van der Waals surface area contributed by atoms with Crippen LogP contribution in [-0.4, -0.2) is 70.7 Å². The second kappa shape index (κ2) is 36.9. The third-order valence-electron chi connectivity index (χ3n) is 1.65. The van der Waals surface area contributed by atoms with Gasteiger partial charge in [0.2, 0.25) is 0 Å². The summed E-state index contributed by atoms with van der Waals surface area (Å²) in [5.41, 5.74) is 0. The fourth-order valence-corrected chi connectivity index (χ4v) is 1.02. The van der Waals surface area contributed by atoms with Gasteiger partial charge in [0, 0.05) is 93.1 Å². The van der Waals surface area contributed by atoms with E-state index in [4.69, 9.17) is 49.1 Å². The molecule has 0 aromatic carbocycles. The van der Waals surface area contributed by atoms with Crippen molar-refractivity contribution in [1.82, 2.24) is 0 Å². The Morgan fingerprint density at radius 1 is 0.500 bits per heavy atom. The van der Waals surface area contributed by atoms with Gasteiger partial charge in [-0.05, 0) is 25.7 Å². The average Bonchev–Trinajstić information content (AvgIpc) is 3.16. The van der Waals surface area contributed by atoms with Crippen LogP contribution in [0.4, 0.5) is 0 Å². The molecular formula is C16H32O10Ru2. The van der Waals surface area contributed by atoms with Crippen molar-refractivity contribution in [3.63, 3.8) is 0 Å². The molecule has 12 heteroatoms. The minimum Gasteiger partial charge on any atom is -0.481 e. The van der Waals surface area contributed by atoms with E-state index in [0.29, 0.717) is 0 Å². The minimum absolute atomic E-state index is 0. The molecule has 0 radical (unpaired) electrons. The maximum Gasteiger partial charge on any atom is 0.300 e. The summed E-state index contributed by atoms with van der Waals surface area (Å²) in [6.07, 6.45) is 5.11. The second-order valence-corrected chi connectivity index (χ2v) is 4.72. The number of ether oxygens (including phenoxy) is 2. The van der Waals surface area contributed by atoms with E-state index < -0.39 is 23.9 Å². The summed E-state index contributed by atoms with van der Waals surface area (Å²) in [6, 6.07) is 0. The van der Waals surface area contributed by atoms with Crippen molar-refractivity contribution in [1.29, 1.82) is 0 Å². The number of carbonyl (C=O) groups is 4. The summed E-state index contributed by atoms with van der Waals surface area (Å²) in [4.78, 5) is 36.0. The topological polar surface area (TPSA) is 168 Å². The normalized spacial score (nSPS) is 12.1. The van der Waals surface area contributed by atoms with Gasteiger partial charge in [-0.2, -0.15) is 0 Å². The van der Waals surface area contributed by atoms with Crippen molar-refractivity contribution in [2.45, 2.75) is 53.4 Å². The van der Waals surface area contributed by atoms with Crippen LogP contribution in [0.1, 0.15) is 53.4 Å². The summed E-state index contributed by atoms with van der Waals surface area (Å²) in [7, 11) is 0. The third kappa shape index (κ3) is 177. The Bertz CT molecular complexity index is 268. The Hall–Kier alpha value is -0.953. The summed E-state index contributed by atoms with van der Waals surface area (Å²) in [6.45, 7) is 8.33. The van der Waals surface area contributed by atoms with Gasteiger partial charge in [0.05, 0.1) is 0 Å². The van der Waals surface area contributed by atoms with Gasteiger partial charge in [0.25, 0.3) is 23.9 Å². The molecule has 0 spiro atoms. The molecule has 2 aliphatic rings. The Labute approximate surface area is 191 Å². The zero-order chi connectivity index (χ0) is 21.4. The van der Waals surface area contributed by atoms with Gasteiger partial charge in [-0.1, -0.05) is 0 Å². The molecule has 0 atom stereocenters. The first-order valence-corrected chi connectivity index (χ1v) is 7.87. The third-order valence-corrected chi connectivity index (χ3v) is 1.65. The predicted octanol–water partition coefficient (Wildman–Crippen LogP) is 1.95. The van der Waals surface area contributed by atoms with Crippen LogP contribution >= 0.6 is 0 Å². The number of carboxylic acid groups (broad SMARTS) is 4. The van der Waals surface area contributed by atoms with Gasteiger partial charge >= 0.3 is 0 Å². The standard InChI is InChI=1S/2C4H8O.4C2H4O2.2Ru/c2*1-2-4-5-3-1;4*1-2(3)4;;/h2*1-4H2;4*1H3,(H,3,4);;. The van der Waals surface area contributed by atoms with Gasteiger partial charge in [-0.15, -0.1) is 0 Å². The number of aliphatic carboxylic acids is 4. The number of hydrogen-bond donors (Lipinski definition) is 4. The zero-order valence-electron chi connectivity index (χ0n) is 16.6. The van der Waals surface area contributed by atoms with Gasteiger partial charge in [0.1, 0.15) is 0 Å². The molecule has 2 aliphatic heterocycles. The first-order valence-electron chi connectivity index (χ1n) is 7.87. The molecule has 0 saturated carbocycles. The number of hydrogen-bond acceptors (Lipinski definition) is 6. The summed E-state index contributed by atoms with van der Waals surface area (Å²) < 4.78 is 9.89. The van der Waals surface area contributed by atoms with Gasteiger partial charge in [0.15, 0.2) is 0 Å². The molecule has 0 unspecified atom stereocenters. The van der Waals surface area contributed by atoms with Crippen LogP contribution in [0.15, 0.2) is 0 Å². The van der Waals surface area contributed by atoms with Crippen molar-refractivity contribution in [3.05, 3.63) is 0 Å². The van der Waals surface area contributed by atoms with E-state index in [1.165, 1.54) is 25.7 Å². The van der Waals surface area contributed by atoms with Crippen molar-refractivity contribution >= 4 is 23.9 Å². The van der Waals surface area contributed by atoms with E-state index in [9.17, 15) is 0 Å². The van der Waals surface area contributed by atoms with Crippen molar-refractivity contribution in [3.8, 4) is 0 Å². The van der Waals surface area contributed by atoms with Gasteiger partial charge < -0.3 is 29.9 Å². The van der Waals surface area contributed by atoms with E-state index in [1.807, 2.05) is 0 Å². The number of carboxylic acids is 4. The van der Waals surface area contributed by atoms with E-state index in [2.05, 4.69) is 0 Å². The smallest absolute Gasteiger partial charge is 0.300 e. The first kappa shape index (κ1) is 41.4. The summed E-state index contributed by atoms with van der Waals surface area (Å²) in [5.74, 6) is -3.33. The van der Waals surface area contributed by atoms with Gasteiger partial charge in [-0.3, -0.25) is 19.2 Å². The molecular weight excluding hydrogens is 554 g/mol. The molecule has 2 fully saturated rings. The Morgan fingerprint density at radius 2 is 0.607 bits per heavy atom. The van der Waals surface area contributed by atoms with E-state index in [0.717, 1.165) is 54.1 Å². The molecule has 2 rings (SSSR count). The predicted molar refractivity (Wildman–Crippen MR) is 93.3 cm³/mol. The van der Waals surface area contributed by atoms with E-state index >= 15 is 0 Å². The van der Waals surface area contributed by atoms with Crippen molar-refractivity contribution in [2.24, 2.45) is 0 Å². The molecule has 0 aromatic rings. The molecule has 10 nitrogen and oxygen atoms in total. The molecule has 28 heavy (non-hydrogen) atoms.